The molecule has 2 aromatic rings. The third-order valence-corrected chi connectivity index (χ3v) is 3.49. The largest absolute Gasteiger partial charge is 0.496 e. The fraction of sp³-hybridized carbons (Fsp3) is 0.278. The molecule has 0 aliphatic rings. The summed E-state index contributed by atoms with van der Waals surface area (Å²) in [6, 6.07) is 17.7. The van der Waals surface area contributed by atoms with Crippen LogP contribution in [-0.2, 0) is 11.2 Å². The van der Waals surface area contributed by atoms with Gasteiger partial charge >= 0.3 is 0 Å². The Kier molecular flexibility index (Phi) is 5.38. The van der Waals surface area contributed by atoms with Gasteiger partial charge in [0.2, 0.25) is 5.91 Å². The molecule has 0 saturated carbocycles. The number of para-hydroxylation sites is 1. The molecule has 0 saturated heterocycles. The molecule has 0 aromatic heterocycles. The first-order valence-electron chi connectivity index (χ1n) is 7.20. The Morgan fingerprint density at radius 2 is 1.76 bits per heavy atom. The number of rotatable bonds is 6. The third-order valence-electron chi connectivity index (χ3n) is 3.49. The predicted molar refractivity (Wildman–Crippen MR) is 84.3 cm³/mol. The molecule has 0 fully saturated rings. The highest BCUT2D eigenvalue weighted by atomic mass is 16.5. The number of carbonyl (C=O) groups excluding carboxylic acids is 1. The summed E-state index contributed by atoms with van der Waals surface area (Å²) < 4.78 is 5.28. The normalized spacial score (nSPS) is 11.7. The second-order valence-electron chi connectivity index (χ2n) is 4.93. The van der Waals surface area contributed by atoms with Gasteiger partial charge < -0.3 is 10.1 Å². The van der Waals surface area contributed by atoms with Gasteiger partial charge in [-0.15, -0.1) is 0 Å². The monoisotopic (exact) mass is 283 g/mol. The molecule has 1 atom stereocenters. The van der Waals surface area contributed by atoms with Crippen LogP contribution in [-0.4, -0.2) is 13.0 Å². The number of ether oxygens (including phenoxy) is 1. The van der Waals surface area contributed by atoms with E-state index in [1.54, 1.807) is 7.11 Å². The Balaban J connectivity index is 2.03. The number of amides is 1. The number of benzene rings is 2. The predicted octanol–water partition coefficient (Wildman–Crippen LogP) is 3.51. The zero-order chi connectivity index (χ0) is 15.1. The van der Waals surface area contributed by atoms with Gasteiger partial charge in [-0.05, 0) is 18.1 Å². The van der Waals surface area contributed by atoms with Crippen molar-refractivity contribution >= 4 is 5.91 Å². The first-order valence-corrected chi connectivity index (χ1v) is 7.20. The van der Waals surface area contributed by atoms with Crippen LogP contribution in [0.4, 0.5) is 0 Å². The molecule has 0 heterocycles. The molecule has 0 unspecified atom stereocenters. The molecule has 1 amide bonds. The molecule has 0 aliphatic carbocycles. The highest BCUT2D eigenvalue weighted by Crippen LogP contribution is 2.19. The van der Waals surface area contributed by atoms with Crippen LogP contribution in [0.2, 0.25) is 0 Å². The van der Waals surface area contributed by atoms with E-state index in [1.807, 2.05) is 54.6 Å². The zero-order valence-corrected chi connectivity index (χ0v) is 12.5. The van der Waals surface area contributed by atoms with Gasteiger partial charge in [-0.2, -0.15) is 0 Å². The van der Waals surface area contributed by atoms with Gasteiger partial charge in [0, 0.05) is 5.56 Å². The molecular formula is C18H21NO2. The first-order chi connectivity index (χ1) is 10.2. The van der Waals surface area contributed by atoms with E-state index in [2.05, 4.69) is 12.2 Å². The molecule has 3 nitrogen and oxygen atoms in total. The fourth-order valence-electron chi connectivity index (χ4n) is 2.37. The van der Waals surface area contributed by atoms with Gasteiger partial charge in [0.25, 0.3) is 0 Å². The van der Waals surface area contributed by atoms with Crippen LogP contribution in [0.5, 0.6) is 5.75 Å². The Morgan fingerprint density at radius 1 is 1.10 bits per heavy atom. The average molecular weight is 283 g/mol. The smallest absolute Gasteiger partial charge is 0.225 e. The maximum atomic E-state index is 12.3. The summed E-state index contributed by atoms with van der Waals surface area (Å²) in [7, 11) is 1.62. The topological polar surface area (TPSA) is 38.3 Å². The van der Waals surface area contributed by atoms with E-state index in [0.29, 0.717) is 6.42 Å². The number of carbonyl (C=O) groups is 1. The van der Waals surface area contributed by atoms with Crippen LogP contribution in [0.15, 0.2) is 54.6 Å². The summed E-state index contributed by atoms with van der Waals surface area (Å²) in [5.41, 5.74) is 2.04. The number of hydrogen-bond donors (Lipinski definition) is 1. The van der Waals surface area contributed by atoms with Crippen LogP contribution < -0.4 is 10.1 Å². The van der Waals surface area contributed by atoms with Crippen molar-refractivity contribution in [2.45, 2.75) is 25.8 Å². The van der Waals surface area contributed by atoms with Gasteiger partial charge in [0.15, 0.2) is 0 Å². The van der Waals surface area contributed by atoms with Gasteiger partial charge in [-0.25, -0.2) is 0 Å². The standard InChI is InChI=1S/C18H21NO2/c1-3-16(14-9-5-4-6-10-14)19-18(20)13-15-11-7-8-12-17(15)21-2/h4-12,16H,3,13H2,1-2H3,(H,19,20)/t16-/m1/s1. The summed E-state index contributed by atoms with van der Waals surface area (Å²) in [6.07, 6.45) is 1.19. The first kappa shape index (κ1) is 15.1. The lowest BCUT2D eigenvalue weighted by Gasteiger charge is -2.18. The van der Waals surface area contributed by atoms with Gasteiger partial charge in [0.1, 0.15) is 5.75 Å². The summed E-state index contributed by atoms with van der Waals surface area (Å²) in [5.74, 6) is 0.760. The molecular weight excluding hydrogens is 262 g/mol. The zero-order valence-electron chi connectivity index (χ0n) is 12.5. The maximum absolute atomic E-state index is 12.3. The van der Waals surface area contributed by atoms with Crippen LogP contribution >= 0.6 is 0 Å². The molecule has 110 valence electrons. The van der Waals surface area contributed by atoms with Gasteiger partial charge in [-0.1, -0.05) is 55.5 Å². The summed E-state index contributed by atoms with van der Waals surface area (Å²) >= 11 is 0. The molecule has 2 rings (SSSR count). The highest BCUT2D eigenvalue weighted by Gasteiger charge is 2.14. The second kappa shape index (κ2) is 7.48. The van der Waals surface area contributed by atoms with Gasteiger partial charge in [0.05, 0.1) is 19.6 Å². The Hall–Kier alpha value is -2.29. The molecule has 21 heavy (non-hydrogen) atoms. The van der Waals surface area contributed by atoms with E-state index < -0.39 is 0 Å². The van der Waals surface area contributed by atoms with Crippen LogP contribution in [0.25, 0.3) is 0 Å². The minimum atomic E-state index is 0.00945. The number of methoxy groups -OCH3 is 1. The van der Waals surface area contributed by atoms with Crippen molar-refractivity contribution < 1.29 is 9.53 Å². The average Bonchev–Trinajstić information content (AvgIpc) is 2.54. The van der Waals surface area contributed by atoms with E-state index in [4.69, 9.17) is 4.74 Å². The minimum Gasteiger partial charge on any atom is -0.496 e. The SMILES string of the molecule is CC[C@@H](NC(=O)Cc1ccccc1OC)c1ccccc1. The van der Waals surface area contributed by atoms with Crippen molar-refractivity contribution in [1.82, 2.24) is 5.32 Å². The second-order valence-corrected chi connectivity index (χ2v) is 4.93. The molecule has 0 aliphatic heterocycles. The van der Waals surface area contributed by atoms with E-state index >= 15 is 0 Å². The molecule has 2 aromatic carbocycles. The summed E-state index contributed by atoms with van der Waals surface area (Å²) in [5, 5.41) is 3.09. The molecule has 0 spiro atoms. The van der Waals surface area contributed by atoms with Crippen LogP contribution in [0.1, 0.15) is 30.5 Å². The lowest BCUT2D eigenvalue weighted by molar-refractivity contribution is -0.121. The highest BCUT2D eigenvalue weighted by molar-refractivity contribution is 5.79. The Bertz CT molecular complexity index is 581. The van der Waals surface area contributed by atoms with E-state index in [1.165, 1.54) is 0 Å². The van der Waals surface area contributed by atoms with Crippen molar-refractivity contribution in [3.05, 3.63) is 65.7 Å². The van der Waals surface area contributed by atoms with Crippen molar-refractivity contribution in [1.29, 1.82) is 0 Å². The van der Waals surface area contributed by atoms with E-state index in [-0.39, 0.29) is 11.9 Å². The third kappa shape index (κ3) is 4.09. The van der Waals surface area contributed by atoms with Crippen molar-refractivity contribution in [3.8, 4) is 5.75 Å². The minimum absolute atomic E-state index is 0.00945. The molecule has 0 radical (unpaired) electrons. The van der Waals surface area contributed by atoms with Crippen LogP contribution in [0.3, 0.4) is 0 Å². The van der Waals surface area contributed by atoms with Crippen LogP contribution in [0, 0.1) is 0 Å². The maximum Gasteiger partial charge on any atom is 0.225 e. The fourth-order valence-corrected chi connectivity index (χ4v) is 2.37. The Morgan fingerprint density at radius 3 is 2.43 bits per heavy atom. The molecule has 3 heteroatoms. The van der Waals surface area contributed by atoms with E-state index in [9.17, 15) is 4.79 Å². The van der Waals surface area contributed by atoms with Crippen molar-refractivity contribution in [2.75, 3.05) is 7.11 Å². The molecule has 1 N–H and O–H groups in total. The summed E-state index contributed by atoms with van der Waals surface area (Å²) in [4.78, 5) is 12.3. The number of hydrogen-bond acceptors (Lipinski definition) is 2. The van der Waals surface area contributed by atoms with E-state index in [0.717, 1.165) is 23.3 Å². The van der Waals surface area contributed by atoms with Crippen molar-refractivity contribution in [2.24, 2.45) is 0 Å². The number of nitrogens with one attached hydrogen (secondary N) is 1. The lowest BCUT2D eigenvalue weighted by Crippen LogP contribution is -2.29. The van der Waals surface area contributed by atoms with Crippen molar-refractivity contribution in [3.63, 3.8) is 0 Å². The summed E-state index contributed by atoms with van der Waals surface area (Å²) in [6.45, 7) is 2.07. The Labute approximate surface area is 126 Å². The van der Waals surface area contributed by atoms with Gasteiger partial charge in [-0.3, -0.25) is 4.79 Å². The molecule has 0 bridgehead atoms. The quantitative estimate of drug-likeness (QED) is 0.881. The lowest BCUT2D eigenvalue weighted by atomic mass is 10.0.